The van der Waals surface area contributed by atoms with Crippen molar-refractivity contribution in [3.8, 4) is 0 Å². The molecule has 1 saturated carbocycles. The molecule has 2 heterocycles. The van der Waals surface area contributed by atoms with Gasteiger partial charge in [-0.25, -0.2) is 0 Å². The molecule has 1 aliphatic carbocycles. The number of rotatable bonds is 2. The molecule has 3 rings (SSSR count). The average Bonchev–Trinajstić information content (AvgIpc) is 3.15. The zero-order valence-electron chi connectivity index (χ0n) is 12.4. The molecule has 2 fully saturated rings. The highest BCUT2D eigenvalue weighted by atomic mass is 16.5. The highest BCUT2D eigenvalue weighted by Crippen LogP contribution is 2.45. The summed E-state index contributed by atoms with van der Waals surface area (Å²) in [5, 5.41) is 7.24. The Morgan fingerprint density at radius 2 is 2.20 bits per heavy atom. The van der Waals surface area contributed by atoms with Gasteiger partial charge in [0, 0.05) is 27.1 Å². The molecule has 1 aromatic rings. The number of aryl methyl sites for hydroxylation is 1. The van der Waals surface area contributed by atoms with Gasteiger partial charge in [-0.3, -0.25) is 4.99 Å². The summed E-state index contributed by atoms with van der Waals surface area (Å²) in [7, 11) is 1.84. The van der Waals surface area contributed by atoms with E-state index in [0.29, 0.717) is 23.7 Å². The summed E-state index contributed by atoms with van der Waals surface area (Å²) in [6.07, 6.45) is 6.84. The zero-order valence-corrected chi connectivity index (χ0v) is 12.4. The summed E-state index contributed by atoms with van der Waals surface area (Å²) in [6, 6.07) is 0. The summed E-state index contributed by atoms with van der Waals surface area (Å²) >= 11 is 0. The average molecular weight is 277 g/mol. The fourth-order valence-electron chi connectivity index (χ4n) is 3.55. The van der Waals surface area contributed by atoms with Crippen molar-refractivity contribution in [3.05, 3.63) is 11.7 Å². The van der Waals surface area contributed by atoms with Gasteiger partial charge in [0.2, 0.25) is 5.89 Å². The molecule has 0 bridgehead atoms. The van der Waals surface area contributed by atoms with Gasteiger partial charge in [0.25, 0.3) is 0 Å². The summed E-state index contributed by atoms with van der Waals surface area (Å²) in [6.45, 7) is 4.60. The van der Waals surface area contributed by atoms with Crippen LogP contribution in [0, 0.1) is 12.3 Å². The molecule has 1 N–H and O–H groups in total. The fourth-order valence-corrected chi connectivity index (χ4v) is 3.55. The van der Waals surface area contributed by atoms with Crippen molar-refractivity contribution in [2.75, 3.05) is 20.1 Å². The molecule has 2 aliphatic rings. The molecule has 1 aliphatic heterocycles. The predicted octanol–water partition coefficient (Wildman–Crippen LogP) is 1.72. The van der Waals surface area contributed by atoms with Crippen molar-refractivity contribution >= 4 is 5.96 Å². The first-order valence-electron chi connectivity index (χ1n) is 7.46. The summed E-state index contributed by atoms with van der Waals surface area (Å²) in [4.78, 5) is 11.0. The first-order valence-corrected chi connectivity index (χ1v) is 7.46. The second kappa shape index (κ2) is 5.42. The minimum absolute atomic E-state index is 0.556. The highest BCUT2D eigenvalue weighted by Gasteiger charge is 2.41. The second-order valence-corrected chi connectivity index (χ2v) is 6.01. The lowest BCUT2D eigenvalue weighted by Gasteiger charge is -2.25. The maximum absolute atomic E-state index is 4.98. The molecule has 110 valence electrons. The maximum atomic E-state index is 4.98. The van der Waals surface area contributed by atoms with Gasteiger partial charge in [-0.2, -0.15) is 4.98 Å². The van der Waals surface area contributed by atoms with E-state index in [4.69, 9.17) is 4.52 Å². The Kier molecular flexibility index (Phi) is 3.63. The molecule has 0 atom stereocenters. The van der Waals surface area contributed by atoms with Gasteiger partial charge in [0.05, 0.1) is 6.54 Å². The number of aromatic nitrogens is 2. The molecule has 6 nitrogen and oxygen atoms in total. The monoisotopic (exact) mass is 277 g/mol. The predicted molar refractivity (Wildman–Crippen MR) is 76.3 cm³/mol. The van der Waals surface area contributed by atoms with Crippen LogP contribution in [0.25, 0.3) is 0 Å². The molecule has 1 spiro atoms. The van der Waals surface area contributed by atoms with E-state index in [1.54, 1.807) is 6.92 Å². The second-order valence-electron chi connectivity index (χ2n) is 6.01. The van der Waals surface area contributed by atoms with Gasteiger partial charge in [0.15, 0.2) is 11.8 Å². The van der Waals surface area contributed by atoms with Gasteiger partial charge in [-0.15, -0.1) is 0 Å². The van der Waals surface area contributed by atoms with Gasteiger partial charge >= 0.3 is 0 Å². The maximum Gasteiger partial charge on any atom is 0.223 e. The van der Waals surface area contributed by atoms with Crippen LogP contribution in [0.15, 0.2) is 9.52 Å². The van der Waals surface area contributed by atoms with Crippen LogP contribution in [0.5, 0.6) is 0 Å². The van der Waals surface area contributed by atoms with Gasteiger partial charge in [-0.05, 0) is 24.7 Å². The van der Waals surface area contributed by atoms with Crippen molar-refractivity contribution in [2.24, 2.45) is 10.4 Å². The quantitative estimate of drug-likeness (QED) is 0.658. The van der Waals surface area contributed by atoms with Crippen LogP contribution in [-0.4, -0.2) is 41.1 Å². The number of nitrogens with zero attached hydrogens (tertiary/aromatic N) is 4. The van der Waals surface area contributed by atoms with Crippen molar-refractivity contribution in [2.45, 2.75) is 45.6 Å². The van der Waals surface area contributed by atoms with Crippen LogP contribution in [0.2, 0.25) is 0 Å². The fraction of sp³-hybridized carbons (Fsp3) is 0.786. The van der Waals surface area contributed by atoms with Gasteiger partial charge < -0.3 is 14.7 Å². The number of hydrogen-bond donors (Lipinski definition) is 1. The number of nitrogens with one attached hydrogen (secondary N) is 1. The van der Waals surface area contributed by atoms with Crippen molar-refractivity contribution in [3.63, 3.8) is 0 Å². The normalized spacial score (nSPS) is 21.9. The van der Waals surface area contributed by atoms with Crippen molar-refractivity contribution < 1.29 is 4.52 Å². The Bertz CT molecular complexity index is 490. The minimum Gasteiger partial charge on any atom is -0.349 e. The summed E-state index contributed by atoms with van der Waals surface area (Å²) in [5.41, 5.74) is 0.556. The van der Waals surface area contributed by atoms with Crippen LogP contribution in [0.3, 0.4) is 0 Å². The third-order valence-corrected chi connectivity index (χ3v) is 4.59. The lowest BCUT2D eigenvalue weighted by molar-refractivity contribution is 0.309. The van der Waals surface area contributed by atoms with E-state index >= 15 is 0 Å². The van der Waals surface area contributed by atoms with E-state index in [2.05, 4.69) is 25.3 Å². The SMILES string of the molecule is CN=C(NCc1noc(C)n1)N1CCC2(CCCC2)C1. The first kappa shape index (κ1) is 13.4. The highest BCUT2D eigenvalue weighted by molar-refractivity contribution is 5.80. The molecule has 6 heteroatoms. The lowest BCUT2D eigenvalue weighted by Crippen LogP contribution is -2.40. The molecule has 0 radical (unpaired) electrons. The van der Waals surface area contributed by atoms with Crippen LogP contribution < -0.4 is 5.32 Å². The number of hydrogen-bond acceptors (Lipinski definition) is 4. The Morgan fingerprint density at radius 1 is 1.40 bits per heavy atom. The largest absolute Gasteiger partial charge is 0.349 e. The first-order chi connectivity index (χ1) is 9.71. The van der Waals surface area contributed by atoms with E-state index in [0.717, 1.165) is 19.0 Å². The minimum atomic E-state index is 0.556. The summed E-state index contributed by atoms with van der Waals surface area (Å²) < 4.78 is 4.98. The Labute approximate surface area is 119 Å². The Balaban J connectivity index is 1.57. The molecule has 1 saturated heterocycles. The van der Waals surface area contributed by atoms with Gasteiger partial charge in [-0.1, -0.05) is 18.0 Å². The molecule has 1 aromatic heterocycles. The van der Waals surface area contributed by atoms with Gasteiger partial charge in [0.1, 0.15) is 0 Å². The number of likely N-dealkylation sites (tertiary alicyclic amines) is 1. The van der Waals surface area contributed by atoms with Crippen LogP contribution in [0.4, 0.5) is 0 Å². The van der Waals surface area contributed by atoms with E-state index in [1.807, 2.05) is 7.05 Å². The Morgan fingerprint density at radius 3 is 2.85 bits per heavy atom. The van der Waals surface area contributed by atoms with Crippen LogP contribution in [0.1, 0.15) is 43.8 Å². The molecule has 20 heavy (non-hydrogen) atoms. The lowest BCUT2D eigenvalue weighted by atomic mass is 9.86. The zero-order chi connectivity index (χ0) is 14.0. The molecular weight excluding hydrogens is 254 g/mol. The number of aliphatic imine (C=N–C) groups is 1. The summed E-state index contributed by atoms with van der Waals surface area (Å²) in [5.74, 6) is 2.23. The van der Waals surface area contributed by atoms with E-state index in [-0.39, 0.29) is 0 Å². The third kappa shape index (κ3) is 2.64. The number of guanidine groups is 1. The Hall–Kier alpha value is -1.59. The molecule has 0 unspecified atom stereocenters. The van der Waals surface area contributed by atoms with Crippen molar-refractivity contribution in [1.82, 2.24) is 20.4 Å². The van der Waals surface area contributed by atoms with E-state index in [9.17, 15) is 0 Å². The standard InChI is InChI=1S/C14H23N5O/c1-11-17-12(18-20-11)9-16-13(15-2)19-8-7-14(10-19)5-3-4-6-14/h3-10H2,1-2H3,(H,15,16). The van der Waals surface area contributed by atoms with E-state index in [1.165, 1.54) is 32.1 Å². The molecule has 0 aromatic carbocycles. The van der Waals surface area contributed by atoms with Crippen LogP contribution in [-0.2, 0) is 6.54 Å². The smallest absolute Gasteiger partial charge is 0.223 e. The topological polar surface area (TPSA) is 66.5 Å². The molecule has 0 amide bonds. The van der Waals surface area contributed by atoms with E-state index < -0.39 is 0 Å². The van der Waals surface area contributed by atoms with Crippen molar-refractivity contribution in [1.29, 1.82) is 0 Å². The molecular formula is C14H23N5O. The third-order valence-electron chi connectivity index (χ3n) is 4.59. The van der Waals surface area contributed by atoms with Crippen LogP contribution >= 0.6 is 0 Å².